The Labute approximate surface area is 175 Å². The van der Waals surface area contributed by atoms with E-state index in [0.29, 0.717) is 11.3 Å². The minimum absolute atomic E-state index is 0.0618. The zero-order valence-electron chi connectivity index (χ0n) is 16.7. The lowest BCUT2D eigenvalue weighted by atomic mass is 10.1. The Bertz CT molecular complexity index is 1020. The fourth-order valence-electron chi connectivity index (χ4n) is 2.81. The van der Waals surface area contributed by atoms with Crippen molar-refractivity contribution in [2.24, 2.45) is 0 Å². The van der Waals surface area contributed by atoms with E-state index in [1.807, 2.05) is 87.5 Å². The van der Waals surface area contributed by atoms with Crippen LogP contribution in [0.2, 0.25) is 0 Å². The number of carbonyl (C=O) groups excluding carboxylic acids is 2. The normalized spacial score (nSPS) is 11.6. The smallest absolute Gasteiger partial charge is 0.255 e. The average Bonchev–Trinajstić information content (AvgIpc) is 2.70. The molecule has 2 amide bonds. The van der Waals surface area contributed by atoms with E-state index in [1.165, 1.54) is 11.8 Å². The Morgan fingerprint density at radius 2 is 1.55 bits per heavy atom. The predicted octanol–water partition coefficient (Wildman–Crippen LogP) is 5.68. The lowest BCUT2D eigenvalue weighted by Crippen LogP contribution is -2.22. The molecular formula is C24H24N2O2S. The Balaban J connectivity index is 1.63. The lowest BCUT2D eigenvalue weighted by molar-refractivity contribution is -0.115. The van der Waals surface area contributed by atoms with Crippen molar-refractivity contribution >= 4 is 35.0 Å². The third kappa shape index (κ3) is 5.72. The van der Waals surface area contributed by atoms with Crippen LogP contribution in [-0.4, -0.2) is 17.1 Å². The first-order chi connectivity index (χ1) is 13.9. The van der Waals surface area contributed by atoms with Gasteiger partial charge in [0, 0.05) is 21.8 Å². The molecule has 29 heavy (non-hydrogen) atoms. The van der Waals surface area contributed by atoms with Crippen molar-refractivity contribution in [3.05, 3.63) is 89.5 Å². The van der Waals surface area contributed by atoms with Crippen LogP contribution in [-0.2, 0) is 4.79 Å². The molecule has 2 N–H and O–H groups in total. The standard InChI is InChI=1S/C24H24N2O2S/c1-16-11-13-19(14-12-16)25-23(27)18(3)29-21-9-6-8-20(15-21)26-24(28)22-10-5-4-7-17(22)2/h4-15,18H,1-3H3,(H,25,27)(H,26,28). The van der Waals surface area contributed by atoms with E-state index in [0.717, 1.165) is 21.7 Å². The van der Waals surface area contributed by atoms with Gasteiger partial charge in [0.05, 0.1) is 5.25 Å². The van der Waals surface area contributed by atoms with Crippen LogP contribution in [0.1, 0.15) is 28.4 Å². The van der Waals surface area contributed by atoms with Gasteiger partial charge in [-0.25, -0.2) is 0 Å². The fourth-order valence-corrected chi connectivity index (χ4v) is 3.74. The molecule has 1 unspecified atom stereocenters. The van der Waals surface area contributed by atoms with Gasteiger partial charge in [0.25, 0.3) is 5.91 Å². The van der Waals surface area contributed by atoms with E-state index < -0.39 is 0 Å². The number of anilines is 2. The summed E-state index contributed by atoms with van der Waals surface area (Å²) in [5.41, 5.74) is 4.21. The summed E-state index contributed by atoms with van der Waals surface area (Å²) in [5, 5.41) is 5.59. The van der Waals surface area contributed by atoms with Crippen LogP contribution in [0.25, 0.3) is 0 Å². The first kappa shape index (κ1) is 20.7. The first-order valence-corrected chi connectivity index (χ1v) is 10.3. The number of hydrogen-bond donors (Lipinski definition) is 2. The number of benzene rings is 3. The summed E-state index contributed by atoms with van der Waals surface area (Å²) in [7, 11) is 0. The van der Waals surface area contributed by atoms with Gasteiger partial charge in [0.15, 0.2) is 0 Å². The van der Waals surface area contributed by atoms with Crippen LogP contribution in [0.5, 0.6) is 0 Å². The second-order valence-electron chi connectivity index (χ2n) is 6.91. The fraction of sp³-hybridized carbons (Fsp3) is 0.167. The zero-order valence-corrected chi connectivity index (χ0v) is 17.5. The summed E-state index contributed by atoms with van der Waals surface area (Å²) in [6.45, 7) is 5.79. The van der Waals surface area contributed by atoms with Gasteiger partial charge in [-0.1, -0.05) is 42.0 Å². The van der Waals surface area contributed by atoms with Gasteiger partial charge in [-0.15, -0.1) is 11.8 Å². The summed E-state index contributed by atoms with van der Waals surface area (Å²) in [4.78, 5) is 25.9. The average molecular weight is 405 g/mol. The molecule has 0 aliphatic heterocycles. The van der Waals surface area contributed by atoms with Gasteiger partial charge in [0.1, 0.15) is 0 Å². The van der Waals surface area contributed by atoms with Crippen LogP contribution >= 0.6 is 11.8 Å². The monoisotopic (exact) mass is 404 g/mol. The minimum atomic E-state index is -0.279. The van der Waals surface area contributed by atoms with E-state index >= 15 is 0 Å². The molecule has 0 saturated carbocycles. The van der Waals surface area contributed by atoms with E-state index in [2.05, 4.69) is 10.6 Å². The molecule has 3 aromatic rings. The SMILES string of the molecule is Cc1ccc(NC(=O)C(C)Sc2cccc(NC(=O)c3ccccc3C)c2)cc1. The number of carbonyl (C=O) groups is 2. The number of thioether (sulfide) groups is 1. The van der Waals surface area contributed by atoms with Gasteiger partial charge >= 0.3 is 0 Å². The van der Waals surface area contributed by atoms with Crippen LogP contribution < -0.4 is 10.6 Å². The minimum Gasteiger partial charge on any atom is -0.325 e. The van der Waals surface area contributed by atoms with Crippen molar-refractivity contribution in [1.82, 2.24) is 0 Å². The van der Waals surface area contributed by atoms with Gasteiger partial charge in [-0.2, -0.15) is 0 Å². The van der Waals surface area contributed by atoms with E-state index in [4.69, 9.17) is 0 Å². The van der Waals surface area contributed by atoms with Crippen LogP contribution in [0.3, 0.4) is 0 Å². The summed E-state index contributed by atoms with van der Waals surface area (Å²) < 4.78 is 0. The molecule has 0 aromatic heterocycles. The topological polar surface area (TPSA) is 58.2 Å². The molecule has 3 rings (SSSR count). The second kappa shape index (κ2) is 9.43. The highest BCUT2D eigenvalue weighted by molar-refractivity contribution is 8.00. The van der Waals surface area contributed by atoms with Crippen molar-refractivity contribution in [2.45, 2.75) is 30.9 Å². The molecule has 0 fully saturated rings. The Morgan fingerprint density at radius 3 is 2.28 bits per heavy atom. The maximum absolute atomic E-state index is 12.5. The molecule has 3 aromatic carbocycles. The maximum atomic E-state index is 12.5. The number of amides is 2. The molecule has 0 saturated heterocycles. The van der Waals surface area contributed by atoms with E-state index in [1.54, 1.807) is 6.07 Å². The molecular weight excluding hydrogens is 380 g/mol. The quantitative estimate of drug-likeness (QED) is 0.520. The van der Waals surface area contributed by atoms with Gasteiger partial charge in [-0.3, -0.25) is 9.59 Å². The molecule has 0 aliphatic carbocycles. The third-order valence-electron chi connectivity index (χ3n) is 4.48. The summed E-state index contributed by atoms with van der Waals surface area (Å²) in [6.07, 6.45) is 0. The van der Waals surface area contributed by atoms with E-state index in [-0.39, 0.29) is 17.1 Å². The molecule has 5 heteroatoms. The highest BCUT2D eigenvalue weighted by Gasteiger charge is 2.15. The molecule has 0 heterocycles. The largest absolute Gasteiger partial charge is 0.325 e. The van der Waals surface area contributed by atoms with Crippen molar-refractivity contribution in [1.29, 1.82) is 0 Å². The summed E-state index contributed by atoms with van der Waals surface area (Å²) >= 11 is 1.45. The van der Waals surface area contributed by atoms with Crippen LogP contribution in [0.15, 0.2) is 77.7 Å². The van der Waals surface area contributed by atoms with Crippen LogP contribution in [0.4, 0.5) is 11.4 Å². The highest BCUT2D eigenvalue weighted by Crippen LogP contribution is 2.27. The predicted molar refractivity (Wildman–Crippen MR) is 121 cm³/mol. The van der Waals surface area contributed by atoms with Crippen molar-refractivity contribution < 1.29 is 9.59 Å². The van der Waals surface area contributed by atoms with E-state index in [9.17, 15) is 9.59 Å². The lowest BCUT2D eigenvalue weighted by Gasteiger charge is -2.13. The van der Waals surface area contributed by atoms with Gasteiger partial charge < -0.3 is 10.6 Å². The molecule has 0 bridgehead atoms. The highest BCUT2D eigenvalue weighted by atomic mass is 32.2. The van der Waals surface area contributed by atoms with Crippen molar-refractivity contribution in [3.8, 4) is 0 Å². The molecule has 4 nitrogen and oxygen atoms in total. The number of aryl methyl sites for hydroxylation is 2. The number of hydrogen-bond acceptors (Lipinski definition) is 3. The van der Waals surface area contributed by atoms with Crippen molar-refractivity contribution in [3.63, 3.8) is 0 Å². The molecule has 0 radical (unpaired) electrons. The molecule has 148 valence electrons. The Morgan fingerprint density at radius 1 is 0.828 bits per heavy atom. The molecule has 1 atom stereocenters. The number of nitrogens with one attached hydrogen (secondary N) is 2. The van der Waals surface area contributed by atoms with Gasteiger partial charge in [0.2, 0.25) is 5.91 Å². The Hall–Kier alpha value is -3.05. The summed E-state index contributed by atoms with van der Waals surface area (Å²) in [6, 6.07) is 22.7. The first-order valence-electron chi connectivity index (χ1n) is 9.43. The third-order valence-corrected chi connectivity index (χ3v) is 5.58. The second-order valence-corrected chi connectivity index (χ2v) is 8.33. The zero-order chi connectivity index (χ0) is 20.8. The number of rotatable bonds is 6. The van der Waals surface area contributed by atoms with Crippen LogP contribution in [0, 0.1) is 13.8 Å². The summed E-state index contributed by atoms with van der Waals surface area (Å²) in [5.74, 6) is -0.205. The molecule has 0 spiro atoms. The Kier molecular flexibility index (Phi) is 6.73. The molecule has 0 aliphatic rings. The maximum Gasteiger partial charge on any atom is 0.255 e. The van der Waals surface area contributed by atoms with Crippen molar-refractivity contribution in [2.75, 3.05) is 10.6 Å². The van der Waals surface area contributed by atoms with Gasteiger partial charge in [-0.05, 0) is 62.7 Å².